The third-order valence-electron chi connectivity index (χ3n) is 3.02. The van der Waals surface area contributed by atoms with Gasteiger partial charge < -0.3 is 10.8 Å². The number of halogens is 1. The number of hydrogen-bond acceptors (Lipinski definition) is 4. The van der Waals surface area contributed by atoms with Gasteiger partial charge in [0, 0.05) is 6.07 Å². The first-order valence-corrected chi connectivity index (χ1v) is 6.17. The standard InChI is InChI=1S/C11H13BrN2O3/c12-8-4-3-7(5-9(8)14(16)17)10(13)11(15)6-1-2-6/h3-6,10-11,15H,1-2,13H2/t10-,11+/m0/s1. The lowest BCUT2D eigenvalue weighted by atomic mass is 9.99. The molecule has 0 amide bonds. The Kier molecular flexibility index (Phi) is 3.46. The Hall–Kier alpha value is -0.980. The van der Waals surface area contributed by atoms with E-state index in [-0.39, 0.29) is 11.6 Å². The zero-order chi connectivity index (χ0) is 12.6. The Morgan fingerprint density at radius 3 is 2.71 bits per heavy atom. The second-order valence-corrected chi connectivity index (χ2v) is 5.18. The maximum absolute atomic E-state index is 10.8. The van der Waals surface area contributed by atoms with E-state index in [1.165, 1.54) is 6.07 Å². The predicted octanol–water partition coefficient (Wildman–Crippen LogP) is 2.13. The van der Waals surface area contributed by atoms with E-state index >= 15 is 0 Å². The normalized spacial score (nSPS) is 18.8. The second-order valence-electron chi connectivity index (χ2n) is 4.32. The summed E-state index contributed by atoms with van der Waals surface area (Å²) in [4.78, 5) is 10.3. The van der Waals surface area contributed by atoms with Gasteiger partial charge in [0.1, 0.15) is 0 Å². The predicted molar refractivity (Wildman–Crippen MR) is 66.5 cm³/mol. The van der Waals surface area contributed by atoms with Crippen LogP contribution in [-0.2, 0) is 0 Å². The van der Waals surface area contributed by atoms with E-state index in [0.29, 0.717) is 10.0 Å². The van der Waals surface area contributed by atoms with Crippen LogP contribution in [0.4, 0.5) is 5.69 Å². The number of hydrogen-bond donors (Lipinski definition) is 2. The topological polar surface area (TPSA) is 89.4 Å². The van der Waals surface area contributed by atoms with E-state index < -0.39 is 17.1 Å². The molecule has 1 aromatic rings. The first-order valence-electron chi connectivity index (χ1n) is 5.38. The minimum atomic E-state index is -0.615. The molecule has 0 radical (unpaired) electrons. The molecule has 1 fully saturated rings. The molecule has 6 heteroatoms. The summed E-state index contributed by atoms with van der Waals surface area (Å²) in [6.45, 7) is 0. The molecule has 0 spiro atoms. The number of aliphatic hydroxyl groups is 1. The van der Waals surface area contributed by atoms with E-state index in [1.54, 1.807) is 12.1 Å². The van der Waals surface area contributed by atoms with Crippen molar-refractivity contribution < 1.29 is 10.0 Å². The van der Waals surface area contributed by atoms with Gasteiger partial charge >= 0.3 is 0 Å². The van der Waals surface area contributed by atoms with Crippen molar-refractivity contribution in [3.05, 3.63) is 38.3 Å². The number of benzene rings is 1. The summed E-state index contributed by atoms with van der Waals surface area (Å²) in [5.74, 6) is 0.243. The molecule has 1 saturated carbocycles. The van der Waals surface area contributed by atoms with Crippen molar-refractivity contribution in [3.8, 4) is 0 Å². The zero-order valence-electron chi connectivity index (χ0n) is 9.04. The first-order chi connectivity index (χ1) is 8.00. The molecule has 1 aromatic carbocycles. The van der Waals surface area contributed by atoms with Gasteiger partial charge in [0.25, 0.3) is 5.69 Å². The average molecular weight is 301 g/mol. The van der Waals surface area contributed by atoms with Crippen molar-refractivity contribution in [2.45, 2.75) is 25.0 Å². The maximum atomic E-state index is 10.8. The molecular formula is C11H13BrN2O3. The quantitative estimate of drug-likeness (QED) is 0.658. The van der Waals surface area contributed by atoms with E-state index in [9.17, 15) is 15.2 Å². The highest BCUT2D eigenvalue weighted by Crippen LogP contribution is 2.38. The Balaban J connectivity index is 2.25. The SMILES string of the molecule is N[C@@H](c1ccc(Br)c([N+](=O)[O-])c1)[C@H](O)C1CC1. The number of nitro groups is 1. The molecule has 2 rings (SSSR count). The van der Waals surface area contributed by atoms with Gasteiger partial charge in [-0.25, -0.2) is 0 Å². The summed E-state index contributed by atoms with van der Waals surface area (Å²) in [6.07, 6.45) is 1.34. The van der Waals surface area contributed by atoms with Gasteiger partial charge in [-0.15, -0.1) is 0 Å². The lowest BCUT2D eigenvalue weighted by Crippen LogP contribution is -2.27. The van der Waals surface area contributed by atoms with Crippen LogP contribution >= 0.6 is 15.9 Å². The lowest BCUT2D eigenvalue weighted by Gasteiger charge is -2.18. The smallest absolute Gasteiger partial charge is 0.283 e. The second kappa shape index (κ2) is 4.72. The molecule has 0 bridgehead atoms. The van der Waals surface area contributed by atoms with Gasteiger partial charge in [0.15, 0.2) is 0 Å². The highest BCUT2D eigenvalue weighted by Gasteiger charge is 2.34. The summed E-state index contributed by atoms with van der Waals surface area (Å²) in [5, 5.41) is 20.7. The average Bonchev–Trinajstić information content (AvgIpc) is 3.11. The molecule has 1 aliphatic rings. The van der Waals surface area contributed by atoms with Gasteiger partial charge in [0.2, 0.25) is 0 Å². The minimum absolute atomic E-state index is 0.0269. The highest BCUT2D eigenvalue weighted by molar-refractivity contribution is 9.10. The minimum Gasteiger partial charge on any atom is -0.391 e. The monoisotopic (exact) mass is 300 g/mol. The largest absolute Gasteiger partial charge is 0.391 e. The van der Waals surface area contributed by atoms with Crippen LogP contribution < -0.4 is 5.73 Å². The first kappa shape index (κ1) is 12.5. The van der Waals surface area contributed by atoms with Crippen LogP contribution in [0.3, 0.4) is 0 Å². The molecule has 0 unspecified atom stereocenters. The number of aliphatic hydroxyl groups excluding tert-OH is 1. The highest BCUT2D eigenvalue weighted by atomic mass is 79.9. The van der Waals surface area contributed by atoms with Crippen LogP contribution in [0.1, 0.15) is 24.4 Å². The molecule has 0 saturated heterocycles. The summed E-state index contributed by atoms with van der Waals surface area (Å²) in [6, 6.07) is 4.15. The van der Waals surface area contributed by atoms with E-state index in [0.717, 1.165) is 12.8 Å². The molecule has 92 valence electrons. The Morgan fingerprint density at radius 2 is 2.18 bits per heavy atom. The molecule has 2 atom stereocenters. The molecule has 0 heterocycles. The third-order valence-corrected chi connectivity index (χ3v) is 3.70. The number of nitro benzene ring substituents is 1. The fraction of sp³-hybridized carbons (Fsp3) is 0.455. The Bertz CT molecular complexity index is 448. The van der Waals surface area contributed by atoms with Crippen molar-refractivity contribution in [2.75, 3.05) is 0 Å². The van der Waals surface area contributed by atoms with E-state index in [2.05, 4.69) is 15.9 Å². The van der Waals surface area contributed by atoms with E-state index in [4.69, 9.17) is 5.73 Å². The molecule has 17 heavy (non-hydrogen) atoms. The number of rotatable bonds is 4. The van der Waals surface area contributed by atoms with Crippen LogP contribution in [0.25, 0.3) is 0 Å². The van der Waals surface area contributed by atoms with Crippen molar-refractivity contribution >= 4 is 21.6 Å². The van der Waals surface area contributed by atoms with Gasteiger partial charge in [0.05, 0.1) is 21.5 Å². The van der Waals surface area contributed by atoms with Crippen molar-refractivity contribution in [2.24, 2.45) is 11.7 Å². The summed E-state index contributed by atoms with van der Waals surface area (Å²) in [7, 11) is 0. The van der Waals surface area contributed by atoms with E-state index in [1.807, 2.05) is 0 Å². The number of nitrogens with two attached hydrogens (primary N) is 1. The molecule has 5 nitrogen and oxygen atoms in total. The summed E-state index contributed by atoms with van der Waals surface area (Å²) >= 11 is 3.11. The van der Waals surface area contributed by atoms with Crippen LogP contribution in [0.15, 0.2) is 22.7 Å². The fourth-order valence-electron chi connectivity index (χ4n) is 1.81. The Labute approximate surface area is 107 Å². The fourth-order valence-corrected chi connectivity index (χ4v) is 2.20. The van der Waals surface area contributed by atoms with Gasteiger partial charge in [-0.2, -0.15) is 0 Å². The molecular weight excluding hydrogens is 288 g/mol. The van der Waals surface area contributed by atoms with Crippen LogP contribution in [0.5, 0.6) is 0 Å². The number of nitrogens with zero attached hydrogens (tertiary/aromatic N) is 1. The molecule has 0 aliphatic heterocycles. The molecule has 1 aliphatic carbocycles. The van der Waals surface area contributed by atoms with Crippen LogP contribution in [-0.4, -0.2) is 16.1 Å². The van der Waals surface area contributed by atoms with Crippen LogP contribution in [0, 0.1) is 16.0 Å². The van der Waals surface area contributed by atoms with Crippen molar-refractivity contribution in [3.63, 3.8) is 0 Å². The zero-order valence-corrected chi connectivity index (χ0v) is 10.6. The lowest BCUT2D eigenvalue weighted by molar-refractivity contribution is -0.385. The van der Waals surface area contributed by atoms with Crippen molar-refractivity contribution in [1.29, 1.82) is 0 Å². The summed E-state index contributed by atoms with van der Waals surface area (Å²) in [5.41, 5.74) is 6.48. The van der Waals surface area contributed by atoms with Gasteiger partial charge in [-0.05, 0) is 46.3 Å². The maximum Gasteiger partial charge on any atom is 0.283 e. The third kappa shape index (κ3) is 2.65. The molecule has 0 aromatic heterocycles. The van der Waals surface area contributed by atoms with Crippen molar-refractivity contribution in [1.82, 2.24) is 0 Å². The van der Waals surface area contributed by atoms with Crippen LogP contribution in [0.2, 0.25) is 0 Å². The van der Waals surface area contributed by atoms with Gasteiger partial charge in [-0.1, -0.05) is 6.07 Å². The Morgan fingerprint density at radius 1 is 1.53 bits per heavy atom. The molecule has 3 N–H and O–H groups in total. The summed E-state index contributed by atoms with van der Waals surface area (Å²) < 4.78 is 0.416. The van der Waals surface area contributed by atoms with Gasteiger partial charge in [-0.3, -0.25) is 10.1 Å².